The molecule has 1 aliphatic rings. The first kappa shape index (κ1) is 14.1. The Kier molecular flexibility index (Phi) is 5.86. The molecule has 0 spiro atoms. The molecule has 0 heteroatoms. The molecule has 0 radical (unpaired) electrons. The van der Waals surface area contributed by atoms with Gasteiger partial charge in [-0.2, -0.15) is 0 Å². The average Bonchev–Trinajstić information content (AvgIpc) is 2.49. The van der Waals surface area contributed by atoms with Gasteiger partial charge in [0.05, 0.1) is 0 Å². The molecule has 0 heterocycles. The molecule has 0 N–H and O–H groups in total. The van der Waals surface area contributed by atoms with Crippen LogP contribution in [0.4, 0.5) is 0 Å². The molecule has 16 heavy (non-hydrogen) atoms. The summed E-state index contributed by atoms with van der Waals surface area (Å²) in [5, 5.41) is 0. The molecule has 0 amide bonds. The molecule has 0 aromatic rings. The third-order valence-corrected chi connectivity index (χ3v) is 5.27. The van der Waals surface area contributed by atoms with Crippen molar-refractivity contribution in [2.45, 2.75) is 73.1 Å². The van der Waals surface area contributed by atoms with Crippen LogP contribution in [0, 0.1) is 29.6 Å². The molecule has 0 saturated heterocycles. The fourth-order valence-electron chi connectivity index (χ4n) is 3.64. The van der Waals surface area contributed by atoms with Gasteiger partial charge < -0.3 is 0 Å². The lowest BCUT2D eigenvalue weighted by Gasteiger charge is -2.30. The van der Waals surface area contributed by atoms with E-state index in [1.165, 1.54) is 38.5 Å². The van der Waals surface area contributed by atoms with Crippen LogP contribution in [0.1, 0.15) is 73.1 Å². The highest BCUT2D eigenvalue weighted by atomic mass is 14.3. The van der Waals surface area contributed by atoms with Crippen molar-refractivity contribution in [3.8, 4) is 0 Å². The number of hydrogen-bond donors (Lipinski definition) is 0. The van der Waals surface area contributed by atoms with Crippen molar-refractivity contribution < 1.29 is 0 Å². The van der Waals surface area contributed by atoms with Gasteiger partial charge in [0.25, 0.3) is 0 Å². The minimum absolute atomic E-state index is 0.862. The highest BCUT2D eigenvalue weighted by Gasteiger charge is 2.29. The molecule has 0 aliphatic heterocycles. The van der Waals surface area contributed by atoms with E-state index < -0.39 is 0 Å². The molecule has 0 aromatic carbocycles. The van der Waals surface area contributed by atoms with Crippen molar-refractivity contribution in [1.29, 1.82) is 0 Å². The van der Waals surface area contributed by atoms with E-state index in [1.54, 1.807) is 0 Å². The molecule has 4 atom stereocenters. The first-order valence-electron chi connectivity index (χ1n) is 7.60. The molecular formula is C16H32. The predicted molar refractivity (Wildman–Crippen MR) is 73.5 cm³/mol. The zero-order valence-corrected chi connectivity index (χ0v) is 12.1. The van der Waals surface area contributed by atoms with Gasteiger partial charge in [-0.1, -0.05) is 66.7 Å². The molecule has 1 rings (SSSR count). The number of hydrogen-bond acceptors (Lipinski definition) is 0. The Morgan fingerprint density at radius 1 is 0.938 bits per heavy atom. The van der Waals surface area contributed by atoms with Gasteiger partial charge >= 0.3 is 0 Å². The average molecular weight is 224 g/mol. The fraction of sp³-hybridized carbons (Fsp3) is 1.00. The van der Waals surface area contributed by atoms with Gasteiger partial charge in [0.2, 0.25) is 0 Å². The van der Waals surface area contributed by atoms with E-state index in [-0.39, 0.29) is 0 Å². The summed E-state index contributed by atoms with van der Waals surface area (Å²) < 4.78 is 0. The molecule has 1 fully saturated rings. The Morgan fingerprint density at radius 3 is 2.06 bits per heavy atom. The molecule has 1 aliphatic carbocycles. The maximum atomic E-state index is 2.48. The number of rotatable bonds is 4. The second kappa shape index (κ2) is 6.67. The van der Waals surface area contributed by atoms with Crippen molar-refractivity contribution in [1.82, 2.24) is 0 Å². The van der Waals surface area contributed by atoms with E-state index in [2.05, 4.69) is 34.6 Å². The summed E-state index contributed by atoms with van der Waals surface area (Å²) in [5.74, 6) is 4.82. The van der Waals surface area contributed by atoms with Crippen molar-refractivity contribution in [2.24, 2.45) is 29.6 Å². The highest BCUT2D eigenvalue weighted by Crippen LogP contribution is 2.40. The van der Waals surface area contributed by atoms with Gasteiger partial charge in [-0.3, -0.25) is 0 Å². The Hall–Kier alpha value is 0. The minimum atomic E-state index is 0.862. The molecule has 0 bridgehead atoms. The van der Waals surface area contributed by atoms with Gasteiger partial charge in [0.1, 0.15) is 0 Å². The van der Waals surface area contributed by atoms with E-state index in [4.69, 9.17) is 0 Å². The van der Waals surface area contributed by atoms with Gasteiger partial charge in [-0.05, 0) is 36.0 Å². The van der Waals surface area contributed by atoms with Crippen LogP contribution in [0.15, 0.2) is 0 Å². The molecular weight excluding hydrogens is 192 g/mol. The van der Waals surface area contributed by atoms with Crippen LogP contribution in [0.3, 0.4) is 0 Å². The standard InChI is InChI=1S/C16H32/c1-6-14-9-8-10-16(11-15(14)7-2)13(5)12(3)4/h12-16H,6-11H2,1-5H3. The minimum Gasteiger partial charge on any atom is -0.0651 e. The van der Waals surface area contributed by atoms with E-state index in [0.29, 0.717) is 0 Å². The third kappa shape index (κ3) is 3.50. The van der Waals surface area contributed by atoms with Crippen molar-refractivity contribution in [3.63, 3.8) is 0 Å². The lowest BCUT2D eigenvalue weighted by Crippen LogP contribution is -2.21. The maximum Gasteiger partial charge on any atom is -0.0383 e. The smallest absolute Gasteiger partial charge is 0.0383 e. The lowest BCUT2D eigenvalue weighted by molar-refractivity contribution is 0.204. The first-order valence-corrected chi connectivity index (χ1v) is 7.60. The van der Waals surface area contributed by atoms with Crippen LogP contribution in [0.25, 0.3) is 0 Å². The fourth-order valence-corrected chi connectivity index (χ4v) is 3.64. The van der Waals surface area contributed by atoms with Gasteiger partial charge in [-0.25, -0.2) is 0 Å². The summed E-state index contributed by atoms with van der Waals surface area (Å²) in [6, 6.07) is 0. The van der Waals surface area contributed by atoms with E-state index in [9.17, 15) is 0 Å². The Balaban J connectivity index is 2.62. The highest BCUT2D eigenvalue weighted by molar-refractivity contribution is 4.80. The summed E-state index contributed by atoms with van der Waals surface area (Å²) in [5.41, 5.74) is 0. The second-order valence-corrected chi connectivity index (χ2v) is 6.37. The van der Waals surface area contributed by atoms with Crippen molar-refractivity contribution in [3.05, 3.63) is 0 Å². The molecule has 1 saturated carbocycles. The van der Waals surface area contributed by atoms with Crippen LogP contribution < -0.4 is 0 Å². The van der Waals surface area contributed by atoms with Crippen LogP contribution >= 0.6 is 0 Å². The normalized spacial score (nSPS) is 33.8. The lowest BCUT2D eigenvalue weighted by atomic mass is 9.76. The summed E-state index contributed by atoms with van der Waals surface area (Å²) >= 11 is 0. The quantitative estimate of drug-likeness (QED) is 0.551. The van der Waals surface area contributed by atoms with E-state index in [0.717, 1.165) is 29.6 Å². The summed E-state index contributed by atoms with van der Waals surface area (Å²) in [4.78, 5) is 0. The molecule has 96 valence electrons. The first-order chi connectivity index (χ1) is 7.60. The SMILES string of the molecule is CCC1CCCC(C(C)C(C)C)CC1CC. The van der Waals surface area contributed by atoms with Crippen LogP contribution in [-0.4, -0.2) is 0 Å². The Labute approximate surface area is 103 Å². The second-order valence-electron chi connectivity index (χ2n) is 6.37. The van der Waals surface area contributed by atoms with Gasteiger partial charge in [0.15, 0.2) is 0 Å². The molecule has 0 aromatic heterocycles. The zero-order valence-electron chi connectivity index (χ0n) is 12.1. The summed E-state index contributed by atoms with van der Waals surface area (Å²) in [6.07, 6.45) is 8.79. The van der Waals surface area contributed by atoms with Crippen molar-refractivity contribution in [2.75, 3.05) is 0 Å². The zero-order chi connectivity index (χ0) is 12.1. The van der Waals surface area contributed by atoms with Gasteiger partial charge in [0, 0.05) is 0 Å². The monoisotopic (exact) mass is 224 g/mol. The third-order valence-electron chi connectivity index (χ3n) is 5.27. The summed E-state index contributed by atoms with van der Waals surface area (Å²) in [6.45, 7) is 12.1. The Morgan fingerprint density at radius 2 is 1.56 bits per heavy atom. The topological polar surface area (TPSA) is 0 Å². The predicted octanol–water partition coefficient (Wildman–Crippen LogP) is 5.52. The van der Waals surface area contributed by atoms with E-state index in [1.807, 2.05) is 0 Å². The van der Waals surface area contributed by atoms with E-state index >= 15 is 0 Å². The van der Waals surface area contributed by atoms with Crippen LogP contribution in [0.5, 0.6) is 0 Å². The summed E-state index contributed by atoms with van der Waals surface area (Å²) in [7, 11) is 0. The van der Waals surface area contributed by atoms with Crippen LogP contribution in [-0.2, 0) is 0 Å². The molecule has 4 unspecified atom stereocenters. The maximum absolute atomic E-state index is 2.48. The van der Waals surface area contributed by atoms with Gasteiger partial charge in [-0.15, -0.1) is 0 Å². The molecule has 0 nitrogen and oxygen atoms in total. The van der Waals surface area contributed by atoms with Crippen LogP contribution in [0.2, 0.25) is 0 Å². The largest absolute Gasteiger partial charge is 0.0651 e. The Bertz CT molecular complexity index is 182. The van der Waals surface area contributed by atoms with Crippen molar-refractivity contribution >= 4 is 0 Å².